The van der Waals surface area contributed by atoms with E-state index < -0.39 is 5.60 Å². The van der Waals surface area contributed by atoms with Crippen LogP contribution in [0.25, 0.3) is 11.0 Å². The van der Waals surface area contributed by atoms with Crippen molar-refractivity contribution in [1.82, 2.24) is 19.4 Å². The molecule has 1 aliphatic heterocycles. The number of amides is 1. The molecule has 124 valence electrons. The van der Waals surface area contributed by atoms with E-state index in [1.807, 2.05) is 26.8 Å². The molecule has 1 saturated heterocycles. The largest absolute Gasteiger partial charge is 0.444 e. The standard InChI is InChI=1S/C16H22N4O3/c1-16(2,3)23-15(22)19-8-4-5-11(10-19)20-13-6-7-17-9-12(13)18-14(20)21/h6-7,9,11H,4-5,8,10H2,1-3H3,(H,18,21)/t11-/m1/s1. The second-order valence-electron chi connectivity index (χ2n) is 6.92. The van der Waals surface area contributed by atoms with Crippen molar-refractivity contribution in [2.45, 2.75) is 45.3 Å². The van der Waals surface area contributed by atoms with E-state index >= 15 is 0 Å². The Morgan fingerprint density at radius 1 is 1.43 bits per heavy atom. The molecule has 1 N–H and O–H groups in total. The van der Waals surface area contributed by atoms with Crippen molar-refractivity contribution in [3.05, 3.63) is 28.9 Å². The van der Waals surface area contributed by atoms with Crippen LogP contribution in [0.5, 0.6) is 0 Å². The molecule has 2 aromatic heterocycles. The molecule has 0 radical (unpaired) electrons. The quantitative estimate of drug-likeness (QED) is 0.875. The summed E-state index contributed by atoms with van der Waals surface area (Å²) in [6.45, 7) is 6.69. The minimum atomic E-state index is -0.521. The first kappa shape index (κ1) is 15.6. The van der Waals surface area contributed by atoms with Crippen molar-refractivity contribution in [2.24, 2.45) is 0 Å². The number of hydrogen-bond acceptors (Lipinski definition) is 4. The van der Waals surface area contributed by atoms with Gasteiger partial charge in [0.2, 0.25) is 0 Å². The summed E-state index contributed by atoms with van der Waals surface area (Å²) in [5.41, 5.74) is 0.852. The summed E-state index contributed by atoms with van der Waals surface area (Å²) >= 11 is 0. The van der Waals surface area contributed by atoms with Crippen LogP contribution in [0.4, 0.5) is 4.79 Å². The first-order valence-corrected chi connectivity index (χ1v) is 7.87. The molecule has 7 heteroatoms. The zero-order valence-electron chi connectivity index (χ0n) is 13.7. The normalized spacial score (nSPS) is 19.1. The third-order valence-corrected chi connectivity index (χ3v) is 3.93. The zero-order valence-corrected chi connectivity index (χ0v) is 13.7. The van der Waals surface area contributed by atoms with Crippen molar-refractivity contribution in [3.8, 4) is 0 Å². The van der Waals surface area contributed by atoms with Gasteiger partial charge < -0.3 is 14.6 Å². The van der Waals surface area contributed by atoms with E-state index in [2.05, 4.69) is 9.97 Å². The van der Waals surface area contributed by atoms with Gasteiger partial charge in [0.05, 0.1) is 23.3 Å². The van der Waals surface area contributed by atoms with E-state index in [-0.39, 0.29) is 17.8 Å². The fraction of sp³-hybridized carbons (Fsp3) is 0.562. The van der Waals surface area contributed by atoms with Crippen molar-refractivity contribution in [2.75, 3.05) is 13.1 Å². The van der Waals surface area contributed by atoms with Gasteiger partial charge in [0.1, 0.15) is 5.60 Å². The molecular weight excluding hydrogens is 296 g/mol. The predicted octanol–water partition coefficient (Wildman–Crippen LogP) is 2.30. The summed E-state index contributed by atoms with van der Waals surface area (Å²) < 4.78 is 7.17. The van der Waals surface area contributed by atoms with Gasteiger partial charge in [-0.25, -0.2) is 9.59 Å². The van der Waals surface area contributed by atoms with Gasteiger partial charge in [-0.2, -0.15) is 0 Å². The Labute approximate surface area is 134 Å². The number of aromatic nitrogens is 3. The van der Waals surface area contributed by atoms with Crippen LogP contribution in [0.1, 0.15) is 39.7 Å². The van der Waals surface area contributed by atoms with E-state index in [4.69, 9.17) is 4.74 Å². The molecule has 0 saturated carbocycles. The number of rotatable bonds is 1. The van der Waals surface area contributed by atoms with Crippen LogP contribution < -0.4 is 5.69 Å². The Bertz CT molecular complexity index is 771. The lowest BCUT2D eigenvalue weighted by molar-refractivity contribution is 0.0173. The van der Waals surface area contributed by atoms with Gasteiger partial charge in [-0.05, 0) is 39.7 Å². The third kappa shape index (κ3) is 3.23. The number of carbonyl (C=O) groups is 1. The maximum atomic E-state index is 12.3. The molecule has 0 unspecified atom stereocenters. The number of carbonyl (C=O) groups excluding carboxylic acids is 1. The van der Waals surface area contributed by atoms with Gasteiger partial charge >= 0.3 is 11.8 Å². The summed E-state index contributed by atoms with van der Waals surface area (Å²) in [7, 11) is 0. The molecule has 1 amide bonds. The number of ether oxygens (including phenoxy) is 1. The molecule has 1 atom stereocenters. The summed E-state index contributed by atoms with van der Waals surface area (Å²) in [5.74, 6) is 0. The Balaban J connectivity index is 1.85. The van der Waals surface area contributed by atoms with Crippen LogP contribution >= 0.6 is 0 Å². The maximum Gasteiger partial charge on any atom is 0.410 e. The molecule has 1 aliphatic rings. The Kier molecular flexibility index (Phi) is 3.87. The van der Waals surface area contributed by atoms with E-state index in [1.165, 1.54) is 0 Å². The second-order valence-corrected chi connectivity index (χ2v) is 6.92. The van der Waals surface area contributed by atoms with Crippen molar-refractivity contribution in [3.63, 3.8) is 0 Å². The second kappa shape index (κ2) is 5.72. The van der Waals surface area contributed by atoms with Gasteiger partial charge in [0, 0.05) is 19.3 Å². The average Bonchev–Trinajstić information content (AvgIpc) is 2.81. The number of hydrogen-bond donors (Lipinski definition) is 1. The molecule has 0 aliphatic carbocycles. The van der Waals surface area contributed by atoms with Crippen molar-refractivity contribution in [1.29, 1.82) is 0 Å². The summed E-state index contributed by atoms with van der Waals surface area (Å²) in [4.78, 5) is 33.1. The highest BCUT2D eigenvalue weighted by Crippen LogP contribution is 2.24. The number of nitrogens with one attached hydrogen (secondary N) is 1. The van der Waals surface area contributed by atoms with Crippen LogP contribution in [-0.4, -0.2) is 44.2 Å². The molecule has 0 bridgehead atoms. The molecule has 0 aromatic carbocycles. The van der Waals surface area contributed by atoms with E-state index in [1.54, 1.807) is 21.9 Å². The zero-order chi connectivity index (χ0) is 16.6. The predicted molar refractivity (Wildman–Crippen MR) is 86.4 cm³/mol. The number of H-pyrrole nitrogens is 1. The maximum absolute atomic E-state index is 12.3. The van der Waals surface area contributed by atoms with Gasteiger partial charge in [0.25, 0.3) is 0 Å². The van der Waals surface area contributed by atoms with E-state index in [0.29, 0.717) is 18.6 Å². The van der Waals surface area contributed by atoms with Crippen LogP contribution in [0, 0.1) is 0 Å². The first-order valence-electron chi connectivity index (χ1n) is 7.87. The van der Waals surface area contributed by atoms with Crippen LogP contribution in [0.15, 0.2) is 23.3 Å². The molecule has 3 heterocycles. The molecular formula is C16H22N4O3. The fourth-order valence-corrected chi connectivity index (χ4v) is 3.00. The number of nitrogens with zero attached hydrogens (tertiary/aromatic N) is 3. The summed E-state index contributed by atoms with van der Waals surface area (Å²) in [5, 5.41) is 0. The molecule has 7 nitrogen and oxygen atoms in total. The van der Waals surface area contributed by atoms with Gasteiger partial charge in [0.15, 0.2) is 0 Å². The first-order chi connectivity index (χ1) is 10.8. The fourth-order valence-electron chi connectivity index (χ4n) is 3.00. The van der Waals surface area contributed by atoms with E-state index in [9.17, 15) is 9.59 Å². The minimum absolute atomic E-state index is 0.0556. The number of imidazole rings is 1. The van der Waals surface area contributed by atoms with Crippen molar-refractivity contribution < 1.29 is 9.53 Å². The summed E-state index contributed by atoms with van der Waals surface area (Å²) in [6, 6.07) is 1.76. The lowest BCUT2D eigenvalue weighted by Gasteiger charge is -2.34. The molecule has 23 heavy (non-hydrogen) atoms. The lowest BCUT2D eigenvalue weighted by atomic mass is 10.1. The Hall–Kier alpha value is -2.31. The minimum Gasteiger partial charge on any atom is -0.444 e. The van der Waals surface area contributed by atoms with Crippen LogP contribution in [0.3, 0.4) is 0 Å². The van der Waals surface area contributed by atoms with Crippen LogP contribution in [-0.2, 0) is 4.74 Å². The SMILES string of the molecule is CC(C)(C)OC(=O)N1CCC[C@@H](n2c(=O)[nH]c3cnccc32)C1. The smallest absolute Gasteiger partial charge is 0.410 e. The van der Waals surface area contributed by atoms with Crippen LogP contribution in [0.2, 0.25) is 0 Å². The molecule has 3 rings (SSSR count). The number of pyridine rings is 1. The number of fused-ring (bicyclic) bond motifs is 1. The lowest BCUT2D eigenvalue weighted by Crippen LogP contribution is -2.44. The van der Waals surface area contributed by atoms with E-state index in [0.717, 1.165) is 18.4 Å². The molecule has 2 aromatic rings. The van der Waals surface area contributed by atoms with Crippen molar-refractivity contribution >= 4 is 17.1 Å². The number of likely N-dealkylation sites (tertiary alicyclic amines) is 1. The highest BCUT2D eigenvalue weighted by Gasteiger charge is 2.29. The Morgan fingerprint density at radius 3 is 2.96 bits per heavy atom. The molecule has 0 spiro atoms. The topological polar surface area (TPSA) is 80.2 Å². The third-order valence-electron chi connectivity index (χ3n) is 3.93. The average molecular weight is 318 g/mol. The number of piperidine rings is 1. The highest BCUT2D eigenvalue weighted by atomic mass is 16.6. The number of aromatic amines is 1. The monoisotopic (exact) mass is 318 g/mol. The Morgan fingerprint density at radius 2 is 2.22 bits per heavy atom. The highest BCUT2D eigenvalue weighted by molar-refractivity contribution is 5.74. The summed E-state index contributed by atoms with van der Waals surface area (Å²) in [6.07, 6.45) is 4.68. The van der Waals surface area contributed by atoms with Gasteiger partial charge in [-0.3, -0.25) is 9.55 Å². The van der Waals surface area contributed by atoms with Gasteiger partial charge in [-0.15, -0.1) is 0 Å². The molecule has 1 fully saturated rings. The van der Waals surface area contributed by atoms with Gasteiger partial charge in [-0.1, -0.05) is 0 Å².